The maximum atomic E-state index is 8.98. The molecule has 0 fully saturated rings. The van der Waals surface area contributed by atoms with Gasteiger partial charge < -0.3 is 9.47 Å². The Morgan fingerprint density at radius 2 is 0.828 bits per heavy atom. The molecule has 0 atom stereocenters. The SMILES string of the molecule is [2H]c1c([2H])c([2H])c(-n2c3ccccc3c3c(-c4ccccc4N(c4ccc(-c5cccc6ccccc56)cc4)c4ccc(-c5cccc6ccccc56)cc4)cccc32)c([2H])c1[2H]. The van der Waals surface area contributed by atoms with Crippen LogP contribution < -0.4 is 4.90 Å². The number of benzene rings is 10. The first kappa shape index (κ1) is 28.7. The highest BCUT2D eigenvalue weighted by Crippen LogP contribution is 2.46. The van der Waals surface area contributed by atoms with Crippen molar-refractivity contribution in [2.24, 2.45) is 0 Å². The molecule has 10 aromatic carbocycles. The third kappa shape index (κ3) is 5.66. The second kappa shape index (κ2) is 14.1. The predicted molar refractivity (Wildman–Crippen MR) is 247 cm³/mol. The van der Waals surface area contributed by atoms with E-state index in [1.807, 2.05) is 41.0 Å². The Hall–Kier alpha value is -7.68. The van der Waals surface area contributed by atoms with Gasteiger partial charge >= 0.3 is 0 Å². The van der Waals surface area contributed by atoms with E-state index < -0.39 is 6.04 Å². The number of hydrogen-bond donors (Lipinski definition) is 0. The van der Waals surface area contributed by atoms with Crippen LogP contribution in [0, 0.1) is 0 Å². The van der Waals surface area contributed by atoms with E-state index in [1.165, 1.54) is 32.7 Å². The van der Waals surface area contributed by atoms with E-state index in [9.17, 15) is 0 Å². The number of para-hydroxylation sites is 3. The van der Waals surface area contributed by atoms with Crippen LogP contribution in [0.4, 0.5) is 17.1 Å². The monoisotopic (exact) mass is 743 g/mol. The van der Waals surface area contributed by atoms with Crippen molar-refractivity contribution in [1.29, 1.82) is 0 Å². The van der Waals surface area contributed by atoms with Crippen molar-refractivity contribution in [2.75, 3.05) is 4.90 Å². The molecule has 0 amide bonds. The summed E-state index contributed by atoms with van der Waals surface area (Å²) < 4.78 is 45.2. The minimum absolute atomic E-state index is 0.122. The zero-order valence-corrected chi connectivity index (χ0v) is 31.4. The van der Waals surface area contributed by atoms with E-state index in [2.05, 4.69) is 169 Å². The fraction of sp³-hybridized carbons (Fsp3) is 0. The van der Waals surface area contributed by atoms with Gasteiger partial charge in [-0.3, -0.25) is 0 Å². The lowest BCUT2D eigenvalue weighted by atomic mass is 9.95. The van der Waals surface area contributed by atoms with Crippen LogP contribution in [0.15, 0.2) is 230 Å². The second-order valence-corrected chi connectivity index (χ2v) is 14.5. The summed E-state index contributed by atoms with van der Waals surface area (Å²) in [5.74, 6) is 0. The summed E-state index contributed by atoms with van der Waals surface area (Å²) in [5.41, 5.74) is 11.1. The minimum Gasteiger partial charge on any atom is -0.310 e. The Kier molecular flexibility index (Phi) is 6.98. The molecule has 0 bridgehead atoms. The molecule has 1 heterocycles. The molecule has 2 heteroatoms. The highest BCUT2D eigenvalue weighted by molar-refractivity contribution is 6.17. The number of anilines is 3. The standard InChI is InChI=1S/C56H38N2/c1-2-19-43(20-3-1)58-54-29-11-9-24-52(54)56-51(27-14-30-55(56)58)50-23-8-10-28-53(50)57(44-35-31-41(32-36-44)48-25-12-17-39-15-4-6-21-46(39)48)45-37-33-42(34-38-45)49-26-13-18-40-16-5-7-22-47(40)49/h1-38H/i1D,2D,3D,19D,20D. The number of rotatable bonds is 7. The van der Waals surface area contributed by atoms with Gasteiger partial charge in [0, 0.05) is 33.4 Å². The molecule has 0 N–H and O–H groups in total. The van der Waals surface area contributed by atoms with E-state index in [0.717, 1.165) is 61.1 Å². The van der Waals surface area contributed by atoms with Crippen molar-refractivity contribution in [3.05, 3.63) is 230 Å². The van der Waals surface area contributed by atoms with Gasteiger partial charge in [-0.1, -0.05) is 176 Å². The Labute approximate surface area is 345 Å². The van der Waals surface area contributed by atoms with Crippen LogP contribution in [0.2, 0.25) is 0 Å². The first-order valence-corrected chi connectivity index (χ1v) is 19.5. The molecule has 1 aromatic heterocycles. The zero-order chi connectivity index (χ0) is 42.8. The number of fused-ring (bicyclic) bond motifs is 5. The van der Waals surface area contributed by atoms with E-state index in [1.54, 1.807) is 0 Å². The predicted octanol–water partition coefficient (Wildman–Crippen LogP) is 15.6. The number of aromatic nitrogens is 1. The van der Waals surface area contributed by atoms with E-state index in [4.69, 9.17) is 6.85 Å². The fourth-order valence-electron chi connectivity index (χ4n) is 8.70. The van der Waals surface area contributed by atoms with Crippen molar-refractivity contribution < 1.29 is 6.85 Å². The molecule has 0 saturated heterocycles. The molecule has 0 aliphatic heterocycles. The van der Waals surface area contributed by atoms with Crippen LogP contribution in [-0.4, -0.2) is 4.57 Å². The first-order valence-electron chi connectivity index (χ1n) is 22.0. The lowest BCUT2D eigenvalue weighted by Crippen LogP contribution is -2.11. The first-order chi connectivity index (χ1) is 30.9. The smallest absolute Gasteiger partial charge is 0.0645 e. The highest BCUT2D eigenvalue weighted by Gasteiger charge is 2.22. The highest BCUT2D eigenvalue weighted by atomic mass is 15.1. The lowest BCUT2D eigenvalue weighted by Gasteiger charge is -2.28. The van der Waals surface area contributed by atoms with Gasteiger partial charge in [-0.15, -0.1) is 0 Å². The molecule has 0 spiro atoms. The molecular formula is C56H38N2. The van der Waals surface area contributed by atoms with Crippen molar-refractivity contribution in [1.82, 2.24) is 4.57 Å². The molecule has 2 nitrogen and oxygen atoms in total. The minimum atomic E-state index is -0.417. The summed E-state index contributed by atoms with van der Waals surface area (Å²) in [7, 11) is 0. The van der Waals surface area contributed by atoms with Gasteiger partial charge in [0.1, 0.15) is 0 Å². The Morgan fingerprint density at radius 3 is 1.47 bits per heavy atom. The molecule has 0 saturated carbocycles. The average molecular weight is 744 g/mol. The number of hydrogen-bond acceptors (Lipinski definition) is 1. The van der Waals surface area contributed by atoms with Gasteiger partial charge in [0.25, 0.3) is 0 Å². The van der Waals surface area contributed by atoms with Gasteiger partial charge in [-0.25, -0.2) is 0 Å². The molecule has 58 heavy (non-hydrogen) atoms. The molecule has 0 unspecified atom stereocenters. The van der Waals surface area contributed by atoms with Gasteiger partial charge in [0.05, 0.1) is 23.6 Å². The van der Waals surface area contributed by atoms with Crippen molar-refractivity contribution in [3.63, 3.8) is 0 Å². The number of nitrogens with zero attached hydrogens (tertiary/aromatic N) is 2. The molecule has 0 radical (unpaired) electrons. The quantitative estimate of drug-likeness (QED) is 0.158. The summed E-state index contributed by atoms with van der Waals surface area (Å²) in [5, 5.41) is 6.63. The summed E-state index contributed by atoms with van der Waals surface area (Å²) in [6, 6.07) is 68.2. The largest absolute Gasteiger partial charge is 0.310 e. The van der Waals surface area contributed by atoms with Crippen molar-refractivity contribution in [3.8, 4) is 39.1 Å². The van der Waals surface area contributed by atoms with Crippen LogP contribution >= 0.6 is 0 Å². The zero-order valence-electron chi connectivity index (χ0n) is 36.4. The summed E-state index contributed by atoms with van der Waals surface area (Å²) in [6.45, 7) is 0. The third-order valence-electron chi connectivity index (χ3n) is 11.3. The van der Waals surface area contributed by atoms with Gasteiger partial charge in [0.15, 0.2) is 0 Å². The van der Waals surface area contributed by atoms with Crippen LogP contribution in [0.1, 0.15) is 6.85 Å². The maximum absolute atomic E-state index is 8.98. The summed E-state index contributed by atoms with van der Waals surface area (Å²) in [6.07, 6.45) is 0. The molecule has 272 valence electrons. The van der Waals surface area contributed by atoms with E-state index in [0.29, 0.717) is 0 Å². The van der Waals surface area contributed by atoms with Gasteiger partial charge in [-0.2, -0.15) is 0 Å². The van der Waals surface area contributed by atoms with Gasteiger partial charge in [0.2, 0.25) is 0 Å². The third-order valence-corrected chi connectivity index (χ3v) is 11.3. The molecule has 11 aromatic rings. The molecular weight excluding hydrogens is 701 g/mol. The Balaban J connectivity index is 1.12. The maximum Gasteiger partial charge on any atom is 0.0645 e. The van der Waals surface area contributed by atoms with Crippen LogP contribution in [-0.2, 0) is 0 Å². The molecule has 0 aliphatic carbocycles. The van der Waals surface area contributed by atoms with Crippen LogP contribution in [0.25, 0.3) is 82.4 Å². The van der Waals surface area contributed by atoms with E-state index in [-0.39, 0.29) is 29.9 Å². The van der Waals surface area contributed by atoms with Crippen LogP contribution in [0.5, 0.6) is 0 Å². The molecule has 0 aliphatic rings. The lowest BCUT2D eigenvalue weighted by molar-refractivity contribution is 1.18. The average Bonchev–Trinajstić information content (AvgIpc) is 3.67. The Morgan fingerprint density at radius 1 is 0.362 bits per heavy atom. The topological polar surface area (TPSA) is 8.17 Å². The second-order valence-electron chi connectivity index (χ2n) is 14.5. The van der Waals surface area contributed by atoms with Crippen molar-refractivity contribution >= 4 is 60.4 Å². The van der Waals surface area contributed by atoms with Crippen molar-refractivity contribution in [2.45, 2.75) is 0 Å². The van der Waals surface area contributed by atoms with E-state index >= 15 is 0 Å². The Bertz CT molecular complexity index is 3410. The van der Waals surface area contributed by atoms with Gasteiger partial charge in [-0.05, 0) is 104 Å². The fourth-order valence-corrected chi connectivity index (χ4v) is 8.70. The summed E-state index contributed by atoms with van der Waals surface area (Å²) in [4.78, 5) is 2.31. The van der Waals surface area contributed by atoms with Crippen LogP contribution in [0.3, 0.4) is 0 Å². The summed E-state index contributed by atoms with van der Waals surface area (Å²) >= 11 is 0. The molecule has 11 rings (SSSR count). The normalized spacial score (nSPS) is 12.7.